The second kappa shape index (κ2) is 4.55. The third kappa shape index (κ3) is 2.35. The van der Waals surface area contributed by atoms with Crippen molar-refractivity contribution in [3.63, 3.8) is 0 Å². The number of aryl methyl sites for hydroxylation is 1. The molecule has 16 heavy (non-hydrogen) atoms. The number of hydrogen-bond acceptors (Lipinski definition) is 3. The van der Waals surface area contributed by atoms with Gasteiger partial charge >= 0.3 is 0 Å². The van der Waals surface area contributed by atoms with Crippen LogP contribution >= 0.6 is 0 Å². The molecule has 0 aromatic carbocycles. The summed E-state index contributed by atoms with van der Waals surface area (Å²) in [5.74, 6) is 1.08. The van der Waals surface area contributed by atoms with Gasteiger partial charge in [-0.25, -0.2) is 4.98 Å². The summed E-state index contributed by atoms with van der Waals surface area (Å²) in [6, 6.07) is 0.328. The van der Waals surface area contributed by atoms with Gasteiger partial charge in [-0.2, -0.15) is 0 Å². The average Bonchev–Trinajstić information content (AvgIpc) is 2.65. The molecule has 1 aromatic rings. The molecule has 0 unspecified atom stereocenters. The first-order valence-corrected chi connectivity index (χ1v) is 5.66. The molecule has 1 N–H and O–H groups in total. The molecule has 1 aliphatic heterocycles. The molecular formula is C11H18N4O. The van der Waals surface area contributed by atoms with Gasteiger partial charge in [0.2, 0.25) is 11.9 Å². The van der Waals surface area contributed by atoms with E-state index in [0.717, 1.165) is 31.9 Å². The standard InChI is InChI=1S/C11H18N4O/c1-9(16)13-10-3-6-15(7-4-10)11-12-5-8-14(11)2/h5,8,10H,3-4,6-7H2,1-2H3,(H,13,16). The normalized spacial score (nSPS) is 17.5. The minimum absolute atomic E-state index is 0.0652. The minimum Gasteiger partial charge on any atom is -0.353 e. The van der Waals surface area contributed by atoms with Crippen LogP contribution in [-0.2, 0) is 11.8 Å². The van der Waals surface area contributed by atoms with E-state index in [9.17, 15) is 4.79 Å². The monoisotopic (exact) mass is 222 g/mol. The zero-order chi connectivity index (χ0) is 11.5. The van der Waals surface area contributed by atoms with Gasteiger partial charge < -0.3 is 14.8 Å². The number of imidazole rings is 1. The van der Waals surface area contributed by atoms with Gasteiger partial charge in [0.1, 0.15) is 0 Å². The predicted octanol–water partition coefficient (Wildman–Crippen LogP) is 0.525. The molecule has 1 aliphatic rings. The van der Waals surface area contributed by atoms with E-state index in [0.29, 0.717) is 6.04 Å². The highest BCUT2D eigenvalue weighted by atomic mass is 16.1. The molecule has 0 spiro atoms. The number of hydrogen-bond donors (Lipinski definition) is 1. The Hall–Kier alpha value is -1.52. The third-order valence-electron chi connectivity index (χ3n) is 2.98. The van der Waals surface area contributed by atoms with Crippen molar-refractivity contribution in [3.8, 4) is 0 Å². The van der Waals surface area contributed by atoms with E-state index in [2.05, 4.69) is 15.2 Å². The van der Waals surface area contributed by atoms with Gasteiger partial charge in [-0.3, -0.25) is 4.79 Å². The number of nitrogens with zero attached hydrogens (tertiary/aromatic N) is 3. The van der Waals surface area contributed by atoms with Crippen molar-refractivity contribution < 1.29 is 4.79 Å². The zero-order valence-electron chi connectivity index (χ0n) is 9.81. The molecule has 1 fully saturated rings. The van der Waals surface area contributed by atoms with E-state index >= 15 is 0 Å². The van der Waals surface area contributed by atoms with Crippen molar-refractivity contribution >= 4 is 11.9 Å². The van der Waals surface area contributed by atoms with E-state index in [1.54, 1.807) is 6.92 Å². The molecule has 5 heteroatoms. The number of nitrogens with one attached hydrogen (secondary N) is 1. The van der Waals surface area contributed by atoms with Gasteiger partial charge in [-0.05, 0) is 12.8 Å². The molecular weight excluding hydrogens is 204 g/mol. The van der Waals surface area contributed by atoms with Crippen LogP contribution in [-0.4, -0.2) is 34.6 Å². The molecule has 88 valence electrons. The number of rotatable bonds is 2. The van der Waals surface area contributed by atoms with Gasteiger partial charge in [-0.1, -0.05) is 0 Å². The second-order valence-corrected chi connectivity index (χ2v) is 4.30. The Labute approximate surface area is 95.5 Å². The molecule has 5 nitrogen and oxygen atoms in total. The predicted molar refractivity (Wildman–Crippen MR) is 62.3 cm³/mol. The number of amides is 1. The molecule has 2 heterocycles. The maximum atomic E-state index is 10.9. The van der Waals surface area contributed by atoms with Crippen molar-refractivity contribution in [3.05, 3.63) is 12.4 Å². The smallest absolute Gasteiger partial charge is 0.217 e. The van der Waals surface area contributed by atoms with Crippen LogP contribution in [0, 0.1) is 0 Å². The number of piperidine rings is 1. The number of anilines is 1. The van der Waals surface area contributed by atoms with Gasteiger partial charge in [0.05, 0.1) is 0 Å². The van der Waals surface area contributed by atoms with Crippen molar-refractivity contribution in [1.82, 2.24) is 14.9 Å². The van der Waals surface area contributed by atoms with Crippen molar-refractivity contribution in [2.24, 2.45) is 7.05 Å². The maximum absolute atomic E-state index is 10.9. The molecule has 1 amide bonds. The fourth-order valence-electron chi connectivity index (χ4n) is 2.17. The summed E-state index contributed by atoms with van der Waals surface area (Å²) in [7, 11) is 2.00. The average molecular weight is 222 g/mol. The summed E-state index contributed by atoms with van der Waals surface area (Å²) in [6.45, 7) is 3.48. The lowest BCUT2D eigenvalue weighted by Gasteiger charge is -2.32. The third-order valence-corrected chi connectivity index (χ3v) is 2.98. The molecule has 1 saturated heterocycles. The Kier molecular flexibility index (Phi) is 3.12. The lowest BCUT2D eigenvalue weighted by molar-refractivity contribution is -0.119. The second-order valence-electron chi connectivity index (χ2n) is 4.30. The minimum atomic E-state index is 0.0652. The molecule has 0 radical (unpaired) electrons. The van der Waals surface area contributed by atoms with Crippen LogP contribution in [0.25, 0.3) is 0 Å². The van der Waals surface area contributed by atoms with E-state index in [1.807, 2.05) is 24.0 Å². The quantitative estimate of drug-likeness (QED) is 0.794. The molecule has 0 atom stereocenters. The summed E-state index contributed by atoms with van der Waals surface area (Å²) < 4.78 is 2.03. The van der Waals surface area contributed by atoms with Crippen molar-refractivity contribution in [2.75, 3.05) is 18.0 Å². The van der Waals surface area contributed by atoms with Crippen LogP contribution < -0.4 is 10.2 Å². The highest BCUT2D eigenvalue weighted by molar-refractivity contribution is 5.73. The first-order valence-electron chi connectivity index (χ1n) is 5.66. The van der Waals surface area contributed by atoms with E-state index in [4.69, 9.17) is 0 Å². The summed E-state index contributed by atoms with van der Waals surface area (Å²) in [4.78, 5) is 17.5. The molecule has 0 aliphatic carbocycles. The topological polar surface area (TPSA) is 50.2 Å². The van der Waals surface area contributed by atoms with Crippen LogP contribution in [0.2, 0.25) is 0 Å². The molecule has 2 rings (SSSR count). The Balaban J connectivity index is 1.90. The fraction of sp³-hybridized carbons (Fsp3) is 0.636. The largest absolute Gasteiger partial charge is 0.353 e. The lowest BCUT2D eigenvalue weighted by atomic mass is 10.1. The van der Waals surface area contributed by atoms with Gasteiger partial charge in [-0.15, -0.1) is 0 Å². The Morgan fingerprint density at radius 2 is 2.19 bits per heavy atom. The number of aromatic nitrogens is 2. The molecule has 1 aromatic heterocycles. The number of carbonyl (C=O) groups excluding carboxylic acids is 1. The van der Waals surface area contributed by atoms with E-state index in [1.165, 1.54) is 0 Å². The first-order chi connectivity index (χ1) is 7.66. The Morgan fingerprint density at radius 3 is 2.69 bits per heavy atom. The fourth-order valence-corrected chi connectivity index (χ4v) is 2.17. The van der Waals surface area contributed by atoms with Crippen LogP contribution in [0.15, 0.2) is 12.4 Å². The van der Waals surface area contributed by atoms with Crippen molar-refractivity contribution in [1.29, 1.82) is 0 Å². The summed E-state index contributed by atoms with van der Waals surface area (Å²) in [5.41, 5.74) is 0. The SMILES string of the molecule is CC(=O)NC1CCN(c2nccn2C)CC1. The van der Waals surface area contributed by atoms with Gasteiger partial charge in [0.25, 0.3) is 0 Å². The highest BCUT2D eigenvalue weighted by Gasteiger charge is 2.21. The maximum Gasteiger partial charge on any atom is 0.217 e. The van der Waals surface area contributed by atoms with Crippen LogP contribution in [0.1, 0.15) is 19.8 Å². The molecule has 0 bridgehead atoms. The van der Waals surface area contributed by atoms with Crippen LogP contribution in [0.4, 0.5) is 5.95 Å². The van der Waals surface area contributed by atoms with E-state index in [-0.39, 0.29) is 5.91 Å². The van der Waals surface area contributed by atoms with Gasteiger partial charge in [0.15, 0.2) is 0 Å². The van der Waals surface area contributed by atoms with Crippen LogP contribution in [0.3, 0.4) is 0 Å². The Morgan fingerprint density at radius 1 is 1.50 bits per heavy atom. The summed E-state index contributed by atoms with van der Waals surface area (Å²) in [6.07, 6.45) is 5.75. The molecule has 0 saturated carbocycles. The summed E-state index contributed by atoms with van der Waals surface area (Å²) in [5, 5.41) is 2.97. The zero-order valence-corrected chi connectivity index (χ0v) is 9.81. The highest BCUT2D eigenvalue weighted by Crippen LogP contribution is 2.17. The Bertz CT molecular complexity index is 366. The summed E-state index contributed by atoms with van der Waals surface area (Å²) >= 11 is 0. The van der Waals surface area contributed by atoms with Gasteiger partial charge in [0, 0.05) is 45.5 Å². The number of carbonyl (C=O) groups is 1. The van der Waals surface area contributed by atoms with Crippen LogP contribution in [0.5, 0.6) is 0 Å². The lowest BCUT2D eigenvalue weighted by Crippen LogP contribution is -2.44. The van der Waals surface area contributed by atoms with E-state index < -0.39 is 0 Å². The van der Waals surface area contributed by atoms with Crippen molar-refractivity contribution in [2.45, 2.75) is 25.8 Å². The first kappa shape index (κ1) is 11.0.